The smallest absolute Gasteiger partial charge is 0.255 e. The zero-order chi connectivity index (χ0) is 24.5. The molecule has 0 bridgehead atoms. The van der Waals surface area contributed by atoms with Gasteiger partial charge in [0.05, 0.1) is 29.6 Å². The number of methoxy groups -OCH3 is 1. The van der Waals surface area contributed by atoms with Crippen LogP contribution in [0.5, 0.6) is 5.75 Å². The average molecular weight is 499 g/mol. The molecular weight excluding hydrogens is 472 g/mol. The number of ether oxygens (including phenoxy) is 1. The third-order valence-corrected chi connectivity index (χ3v) is 8.55. The van der Waals surface area contributed by atoms with Gasteiger partial charge in [0.25, 0.3) is 5.91 Å². The van der Waals surface area contributed by atoms with Gasteiger partial charge in [-0.25, -0.2) is 8.42 Å². The summed E-state index contributed by atoms with van der Waals surface area (Å²) >= 11 is 6.12. The first kappa shape index (κ1) is 24.1. The molecule has 3 aromatic rings. The molecule has 1 amide bonds. The summed E-state index contributed by atoms with van der Waals surface area (Å²) in [4.78, 5) is 12.6. The Bertz CT molecular complexity index is 1320. The molecule has 0 aromatic heterocycles. The van der Waals surface area contributed by atoms with E-state index in [2.05, 4.69) is 5.32 Å². The van der Waals surface area contributed by atoms with Crippen molar-refractivity contribution in [2.75, 3.05) is 16.7 Å². The van der Waals surface area contributed by atoms with E-state index < -0.39 is 10.0 Å². The fourth-order valence-electron chi connectivity index (χ4n) is 3.62. The lowest BCUT2D eigenvalue weighted by Crippen LogP contribution is -2.33. The van der Waals surface area contributed by atoms with E-state index in [1.807, 2.05) is 44.2 Å². The van der Waals surface area contributed by atoms with Crippen LogP contribution in [-0.2, 0) is 16.6 Å². The van der Waals surface area contributed by atoms with Gasteiger partial charge in [-0.1, -0.05) is 29.8 Å². The molecule has 178 valence electrons. The molecule has 4 rings (SSSR count). The van der Waals surface area contributed by atoms with Crippen LogP contribution in [0.2, 0.25) is 5.02 Å². The Labute approximate surface area is 205 Å². The lowest BCUT2D eigenvalue weighted by molar-refractivity contribution is 0.102. The standard InChI is InChI=1S/C26H27ClN2O4S/c1-17-4-10-22(14-18(17)2)29(34(31,32)23-11-12-23)16-19-5-8-21(9-6-19)28-26(30)20-7-13-25(33-3)24(27)15-20/h4-10,13-15,23H,11-12,16H2,1-3H3,(H,28,30). The van der Waals surface area contributed by atoms with Crippen molar-refractivity contribution in [2.24, 2.45) is 0 Å². The minimum atomic E-state index is -3.44. The first-order valence-electron chi connectivity index (χ1n) is 11.0. The van der Waals surface area contributed by atoms with Crippen LogP contribution in [0.3, 0.4) is 0 Å². The zero-order valence-electron chi connectivity index (χ0n) is 19.3. The molecule has 0 spiro atoms. The Balaban J connectivity index is 1.52. The molecule has 1 N–H and O–H groups in total. The van der Waals surface area contributed by atoms with E-state index in [0.717, 1.165) is 16.7 Å². The highest BCUT2D eigenvalue weighted by molar-refractivity contribution is 7.93. The Morgan fingerprint density at radius 1 is 1.03 bits per heavy atom. The van der Waals surface area contributed by atoms with E-state index in [0.29, 0.717) is 40.6 Å². The number of amides is 1. The molecule has 1 aliphatic rings. The molecule has 3 aromatic carbocycles. The molecule has 0 heterocycles. The van der Waals surface area contributed by atoms with Gasteiger partial charge in [-0.05, 0) is 85.8 Å². The number of nitrogens with zero attached hydrogens (tertiary/aromatic N) is 1. The van der Waals surface area contributed by atoms with Crippen molar-refractivity contribution < 1.29 is 17.9 Å². The Morgan fingerprint density at radius 3 is 2.32 bits per heavy atom. The molecule has 0 radical (unpaired) electrons. The minimum absolute atomic E-state index is 0.226. The number of rotatable bonds is 8. The highest BCUT2D eigenvalue weighted by Crippen LogP contribution is 2.35. The van der Waals surface area contributed by atoms with Gasteiger partial charge in [0.15, 0.2) is 0 Å². The molecule has 1 aliphatic carbocycles. The first-order valence-corrected chi connectivity index (χ1v) is 12.9. The number of halogens is 1. The SMILES string of the molecule is COc1ccc(C(=O)Nc2ccc(CN(c3ccc(C)c(C)c3)S(=O)(=O)C3CC3)cc2)cc1Cl. The summed E-state index contributed by atoms with van der Waals surface area (Å²) in [7, 11) is -1.93. The number of nitrogens with one attached hydrogen (secondary N) is 1. The molecule has 0 unspecified atom stereocenters. The summed E-state index contributed by atoms with van der Waals surface area (Å²) in [6, 6.07) is 17.7. The average Bonchev–Trinajstić information content (AvgIpc) is 3.66. The van der Waals surface area contributed by atoms with Crippen LogP contribution < -0.4 is 14.4 Å². The molecular formula is C26H27ClN2O4S. The van der Waals surface area contributed by atoms with E-state index in [-0.39, 0.29) is 17.7 Å². The van der Waals surface area contributed by atoms with Gasteiger partial charge in [-0.2, -0.15) is 0 Å². The molecule has 1 fully saturated rings. The van der Waals surface area contributed by atoms with Crippen molar-refractivity contribution in [2.45, 2.75) is 38.5 Å². The van der Waals surface area contributed by atoms with E-state index in [1.54, 1.807) is 30.3 Å². The molecule has 8 heteroatoms. The van der Waals surface area contributed by atoms with Crippen molar-refractivity contribution in [1.82, 2.24) is 0 Å². The van der Waals surface area contributed by atoms with Gasteiger partial charge in [0.2, 0.25) is 10.0 Å². The number of carbonyl (C=O) groups excluding carboxylic acids is 1. The van der Waals surface area contributed by atoms with Gasteiger partial charge >= 0.3 is 0 Å². The zero-order valence-corrected chi connectivity index (χ0v) is 20.9. The molecule has 0 aliphatic heterocycles. The highest BCUT2D eigenvalue weighted by Gasteiger charge is 2.40. The maximum atomic E-state index is 13.2. The second kappa shape index (κ2) is 9.68. The second-order valence-corrected chi connectivity index (χ2v) is 11.1. The summed E-state index contributed by atoms with van der Waals surface area (Å²) in [6.07, 6.45) is 1.40. The fourth-order valence-corrected chi connectivity index (χ4v) is 5.71. The van der Waals surface area contributed by atoms with E-state index in [1.165, 1.54) is 11.4 Å². The Hall–Kier alpha value is -3.03. The molecule has 0 saturated heterocycles. The normalized spacial score (nSPS) is 13.4. The predicted octanol–water partition coefficient (Wildman–Crippen LogP) is 5.72. The van der Waals surface area contributed by atoms with Gasteiger partial charge in [0, 0.05) is 11.3 Å². The largest absolute Gasteiger partial charge is 0.495 e. The monoisotopic (exact) mass is 498 g/mol. The van der Waals surface area contributed by atoms with Crippen molar-refractivity contribution in [3.63, 3.8) is 0 Å². The lowest BCUT2D eigenvalue weighted by Gasteiger charge is -2.25. The van der Waals surface area contributed by atoms with Crippen molar-refractivity contribution in [3.05, 3.63) is 87.9 Å². The molecule has 1 saturated carbocycles. The second-order valence-electron chi connectivity index (χ2n) is 8.52. The Morgan fingerprint density at radius 2 is 1.74 bits per heavy atom. The van der Waals surface area contributed by atoms with Crippen LogP contribution in [-0.4, -0.2) is 26.7 Å². The third-order valence-electron chi connectivity index (χ3n) is 5.98. The van der Waals surface area contributed by atoms with Gasteiger partial charge in [-0.15, -0.1) is 0 Å². The summed E-state index contributed by atoms with van der Waals surface area (Å²) in [5, 5.41) is 2.88. The van der Waals surface area contributed by atoms with Crippen LogP contribution in [0.1, 0.15) is 39.9 Å². The van der Waals surface area contributed by atoms with Crippen molar-refractivity contribution in [3.8, 4) is 5.75 Å². The summed E-state index contributed by atoms with van der Waals surface area (Å²) in [6.45, 7) is 4.21. The predicted molar refractivity (Wildman–Crippen MR) is 136 cm³/mol. The molecule has 34 heavy (non-hydrogen) atoms. The van der Waals surface area contributed by atoms with Gasteiger partial charge in [-0.3, -0.25) is 9.10 Å². The topological polar surface area (TPSA) is 75.7 Å². The number of sulfonamides is 1. The minimum Gasteiger partial charge on any atom is -0.495 e. The summed E-state index contributed by atoms with van der Waals surface area (Å²) in [5.74, 6) is 0.197. The number of carbonyl (C=O) groups is 1. The van der Waals surface area contributed by atoms with Crippen molar-refractivity contribution in [1.29, 1.82) is 0 Å². The molecule has 0 atom stereocenters. The lowest BCUT2D eigenvalue weighted by atomic mass is 10.1. The van der Waals surface area contributed by atoms with E-state index in [9.17, 15) is 13.2 Å². The number of hydrogen-bond acceptors (Lipinski definition) is 4. The Kier molecular flexibility index (Phi) is 6.86. The van der Waals surface area contributed by atoms with Crippen LogP contribution >= 0.6 is 11.6 Å². The van der Waals surface area contributed by atoms with Crippen LogP contribution in [0.4, 0.5) is 11.4 Å². The number of anilines is 2. The van der Waals surface area contributed by atoms with Crippen molar-refractivity contribution >= 4 is 38.9 Å². The number of hydrogen-bond donors (Lipinski definition) is 1. The van der Waals surface area contributed by atoms with Gasteiger partial charge in [0.1, 0.15) is 5.75 Å². The fraction of sp³-hybridized carbons (Fsp3) is 0.269. The quantitative estimate of drug-likeness (QED) is 0.431. The van der Waals surface area contributed by atoms with E-state index in [4.69, 9.17) is 16.3 Å². The summed E-state index contributed by atoms with van der Waals surface area (Å²) < 4.78 is 33.0. The molecule has 6 nitrogen and oxygen atoms in total. The summed E-state index contributed by atoms with van der Waals surface area (Å²) in [5.41, 5.74) is 4.67. The third kappa shape index (κ3) is 5.21. The first-order chi connectivity index (χ1) is 16.2. The highest BCUT2D eigenvalue weighted by atomic mass is 35.5. The number of benzene rings is 3. The maximum Gasteiger partial charge on any atom is 0.255 e. The van der Waals surface area contributed by atoms with Crippen LogP contribution in [0, 0.1) is 13.8 Å². The van der Waals surface area contributed by atoms with E-state index >= 15 is 0 Å². The van der Waals surface area contributed by atoms with Crippen LogP contribution in [0.15, 0.2) is 60.7 Å². The van der Waals surface area contributed by atoms with Gasteiger partial charge < -0.3 is 10.1 Å². The number of aryl methyl sites for hydroxylation is 2. The maximum absolute atomic E-state index is 13.2. The van der Waals surface area contributed by atoms with Crippen LogP contribution in [0.25, 0.3) is 0 Å².